The third-order valence-corrected chi connectivity index (χ3v) is 8.29. The summed E-state index contributed by atoms with van der Waals surface area (Å²) in [4.78, 5) is 0. The van der Waals surface area contributed by atoms with E-state index >= 15 is 0 Å². The molecule has 0 aromatic heterocycles. The molecule has 1 unspecified atom stereocenters. The van der Waals surface area contributed by atoms with Gasteiger partial charge in [0, 0.05) is 10.5 Å². The lowest BCUT2D eigenvalue weighted by Gasteiger charge is -2.39. The second kappa shape index (κ2) is 6.40. The Labute approximate surface area is 110 Å². The third-order valence-electron chi connectivity index (χ3n) is 3.13. The monoisotopic (exact) mass is 340 g/mol. The largest absolute Gasteiger partial charge is 0.414 e. The first-order chi connectivity index (χ1) is 6.74. The van der Waals surface area contributed by atoms with Crippen LogP contribution < -0.4 is 0 Å². The fourth-order valence-corrected chi connectivity index (χ4v) is 3.22. The van der Waals surface area contributed by atoms with Crippen LogP contribution in [0.4, 0.5) is 0 Å². The zero-order valence-electron chi connectivity index (χ0n) is 10.8. The van der Waals surface area contributed by atoms with Crippen molar-refractivity contribution in [2.75, 3.05) is 4.43 Å². The molecule has 1 nitrogen and oxygen atoms in total. The van der Waals surface area contributed by atoms with E-state index in [1.807, 2.05) is 6.08 Å². The molecule has 0 aliphatic carbocycles. The zero-order chi connectivity index (χ0) is 12.1. The minimum atomic E-state index is -1.59. The van der Waals surface area contributed by atoms with Crippen molar-refractivity contribution in [2.24, 2.45) is 0 Å². The van der Waals surface area contributed by atoms with Crippen LogP contribution in [0.5, 0.6) is 0 Å². The lowest BCUT2D eigenvalue weighted by molar-refractivity contribution is 0.181. The van der Waals surface area contributed by atoms with Crippen molar-refractivity contribution in [1.29, 1.82) is 0 Å². The summed E-state index contributed by atoms with van der Waals surface area (Å²) < 4.78 is 7.50. The minimum Gasteiger partial charge on any atom is -0.414 e. The highest BCUT2D eigenvalue weighted by Gasteiger charge is 2.38. The first kappa shape index (κ1) is 15.6. The third kappa shape index (κ3) is 5.50. The number of hydrogen-bond donors (Lipinski definition) is 0. The van der Waals surface area contributed by atoms with E-state index in [-0.39, 0.29) is 0 Å². The Bertz CT molecular complexity index is 196. The fourth-order valence-electron chi connectivity index (χ4n) is 1.13. The molecule has 0 heterocycles. The van der Waals surface area contributed by atoms with Gasteiger partial charge in [-0.15, -0.1) is 6.58 Å². The fraction of sp³-hybridized carbons (Fsp3) is 0.833. The molecule has 0 aromatic rings. The molecule has 15 heavy (non-hydrogen) atoms. The normalized spacial score (nSPS) is 15.1. The van der Waals surface area contributed by atoms with E-state index < -0.39 is 8.32 Å². The summed E-state index contributed by atoms with van der Waals surface area (Å²) in [5.74, 6) is 0. The van der Waals surface area contributed by atoms with Crippen molar-refractivity contribution in [3.8, 4) is 0 Å². The highest BCUT2D eigenvalue weighted by molar-refractivity contribution is 14.1. The summed E-state index contributed by atoms with van der Waals surface area (Å²) in [5.41, 5.74) is 0. The van der Waals surface area contributed by atoms with Gasteiger partial charge < -0.3 is 4.43 Å². The number of rotatable bonds is 6. The Morgan fingerprint density at radius 2 is 1.93 bits per heavy atom. The molecule has 0 bridgehead atoms. The number of alkyl halides is 1. The summed E-state index contributed by atoms with van der Waals surface area (Å²) in [5, 5.41) is 0.303. The maximum absolute atomic E-state index is 6.35. The van der Waals surface area contributed by atoms with Crippen molar-refractivity contribution in [1.82, 2.24) is 0 Å². The van der Waals surface area contributed by atoms with Crippen LogP contribution in [-0.2, 0) is 4.43 Å². The van der Waals surface area contributed by atoms with Gasteiger partial charge in [-0.1, -0.05) is 49.4 Å². The smallest absolute Gasteiger partial charge is 0.192 e. The van der Waals surface area contributed by atoms with E-state index in [1.165, 1.54) is 0 Å². The number of halogens is 1. The molecule has 0 fully saturated rings. The van der Waals surface area contributed by atoms with Gasteiger partial charge in [-0.2, -0.15) is 0 Å². The first-order valence-electron chi connectivity index (χ1n) is 5.59. The van der Waals surface area contributed by atoms with Crippen LogP contribution in [0.3, 0.4) is 0 Å². The quantitative estimate of drug-likeness (QED) is 0.293. The van der Waals surface area contributed by atoms with Crippen LogP contribution in [0.25, 0.3) is 0 Å². The Morgan fingerprint density at radius 1 is 1.40 bits per heavy atom. The van der Waals surface area contributed by atoms with E-state index in [1.54, 1.807) is 0 Å². The van der Waals surface area contributed by atoms with Crippen LogP contribution in [0.2, 0.25) is 18.1 Å². The van der Waals surface area contributed by atoms with Crippen molar-refractivity contribution in [3.63, 3.8) is 0 Å². The second-order valence-electron chi connectivity index (χ2n) is 5.50. The molecule has 90 valence electrons. The minimum absolute atomic E-state index is 0.303. The van der Waals surface area contributed by atoms with Gasteiger partial charge in [0.2, 0.25) is 0 Å². The molecule has 1 atom stereocenters. The van der Waals surface area contributed by atoms with Gasteiger partial charge in [0.05, 0.1) is 0 Å². The predicted octanol–water partition coefficient (Wildman–Crippen LogP) is 4.78. The summed E-state index contributed by atoms with van der Waals surface area (Å²) in [7, 11) is -1.59. The van der Waals surface area contributed by atoms with Crippen molar-refractivity contribution >= 4 is 30.9 Å². The highest BCUT2D eigenvalue weighted by Crippen LogP contribution is 2.38. The van der Waals surface area contributed by atoms with Gasteiger partial charge in [-0.25, -0.2) is 0 Å². The maximum Gasteiger partial charge on any atom is 0.192 e. The molecule has 0 amide bonds. The van der Waals surface area contributed by atoms with Gasteiger partial charge in [-0.05, 0) is 31.0 Å². The van der Waals surface area contributed by atoms with E-state index in [0.29, 0.717) is 11.1 Å². The summed E-state index contributed by atoms with van der Waals surface area (Å²) in [6.45, 7) is 15.3. The van der Waals surface area contributed by atoms with E-state index in [9.17, 15) is 0 Å². The van der Waals surface area contributed by atoms with Gasteiger partial charge >= 0.3 is 0 Å². The van der Waals surface area contributed by atoms with E-state index in [0.717, 1.165) is 17.3 Å². The standard InChI is InChI=1S/C12H25IOSi/c1-7-8-11(9-10-13)14-15(5,6)12(2,3)4/h7,11H,1,8-10H2,2-6H3. The predicted molar refractivity (Wildman–Crippen MR) is 80.4 cm³/mol. The zero-order valence-corrected chi connectivity index (χ0v) is 13.9. The van der Waals surface area contributed by atoms with Crippen LogP contribution in [-0.4, -0.2) is 18.8 Å². The SMILES string of the molecule is C=CCC(CCI)O[Si](C)(C)C(C)(C)C. The molecule has 0 radical (unpaired) electrons. The molecule has 0 saturated heterocycles. The van der Waals surface area contributed by atoms with Crippen LogP contribution in [0.15, 0.2) is 12.7 Å². The average molecular weight is 340 g/mol. The van der Waals surface area contributed by atoms with Gasteiger partial charge in [-0.3, -0.25) is 0 Å². The van der Waals surface area contributed by atoms with Gasteiger partial charge in [0.1, 0.15) is 0 Å². The van der Waals surface area contributed by atoms with Crippen LogP contribution >= 0.6 is 22.6 Å². The average Bonchev–Trinajstić information content (AvgIpc) is 2.02. The Hall–Kier alpha value is 0.647. The Kier molecular flexibility index (Phi) is 6.67. The Morgan fingerprint density at radius 3 is 2.27 bits per heavy atom. The molecule has 0 rings (SSSR count). The summed E-state index contributed by atoms with van der Waals surface area (Å²) in [6.07, 6.45) is 4.47. The molecule has 0 saturated carbocycles. The van der Waals surface area contributed by atoms with Crippen LogP contribution in [0, 0.1) is 0 Å². The van der Waals surface area contributed by atoms with Crippen molar-refractivity contribution in [3.05, 3.63) is 12.7 Å². The number of hydrogen-bond acceptors (Lipinski definition) is 1. The van der Waals surface area contributed by atoms with Crippen molar-refractivity contribution in [2.45, 2.75) is 57.8 Å². The second-order valence-corrected chi connectivity index (χ2v) is 11.3. The summed E-state index contributed by atoms with van der Waals surface area (Å²) >= 11 is 2.42. The van der Waals surface area contributed by atoms with Crippen LogP contribution in [0.1, 0.15) is 33.6 Å². The Balaban J connectivity index is 4.43. The molecule has 0 spiro atoms. The molecular formula is C12H25IOSi. The lowest BCUT2D eigenvalue weighted by Crippen LogP contribution is -2.43. The maximum atomic E-state index is 6.35. The summed E-state index contributed by atoms with van der Waals surface area (Å²) in [6, 6.07) is 0. The lowest BCUT2D eigenvalue weighted by atomic mass is 10.2. The molecule has 0 aliphatic heterocycles. The molecule has 0 N–H and O–H groups in total. The molecule has 0 aliphatic rings. The molecule has 3 heteroatoms. The van der Waals surface area contributed by atoms with Gasteiger partial charge in [0.15, 0.2) is 8.32 Å². The first-order valence-corrected chi connectivity index (χ1v) is 10.0. The van der Waals surface area contributed by atoms with E-state index in [4.69, 9.17) is 4.43 Å². The van der Waals surface area contributed by atoms with E-state index in [2.05, 4.69) is 63.0 Å². The topological polar surface area (TPSA) is 9.23 Å². The van der Waals surface area contributed by atoms with Gasteiger partial charge in [0.25, 0.3) is 0 Å². The molecular weight excluding hydrogens is 315 g/mol. The van der Waals surface area contributed by atoms with Crippen molar-refractivity contribution < 1.29 is 4.43 Å². The highest BCUT2D eigenvalue weighted by atomic mass is 127. The molecule has 0 aromatic carbocycles.